The van der Waals surface area contributed by atoms with Gasteiger partial charge in [-0.1, -0.05) is 29.3 Å². The van der Waals surface area contributed by atoms with Crippen molar-refractivity contribution in [3.05, 3.63) is 28.7 Å². The molecule has 0 bridgehead atoms. The zero-order chi connectivity index (χ0) is 14.1. The van der Waals surface area contributed by atoms with Crippen molar-refractivity contribution in [2.45, 2.75) is 19.8 Å². The van der Waals surface area contributed by atoms with Gasteiger partial charge in [0.05, 0.1) is 13.2 Å². The number of benzene rings is 1. The first-order valence-corrected chi connectivity index (χ1v) is 7.32. The summed E-state index contributed by atoms with van der Waals surface area (Å²) in [6.45, 7) is 3.92. The van der Waals surface area contributed by atoms with E-state index in [1.807, 2.05) is 24.3 Å². The van der Waals surface area contributed by atoms with Crippen molar-refractivity contribution in [1.82, 2.24) is 0 Å². The Hall–Kier alpha value is -0.910. The summed E-state index contributed by atoms with van der Waals surface area (Å²) < 4.78 is 6.48. The molecule has 1 aromatic rings. The van der Waals surface area contributed by atoms with E-state index >= 15 is 0 Å². The van der Waals surface area contributed by atoms with Crippen LogP contribution in [0.15, 0.2) is 28.7 Å². The predicted molar refractivity (Wildman–Crippen MR) is 81.3 cm³/mol. The molecule has 5 heteroatoms. The predicted octanol–water partition coefficient (Wildman–Crippen LogP) is 2.56. The minimum atomic E-state index is -0.0959. The van der Waals surface area contributed by atoms with Gasteiger partial charge in [-0.3, -0.25) is 4.79 Å². The number of carbonyl (C=O) groups is 1. The highest BCUT2D eigenvalue weighted by molar-refractivity contribution is 9.10. The summed E-state index contributed by atoms with van der Waals surface area (Å²) in [6, 6.07) is 7.60. The Bertz CT molecular complexity index is 382. The number of hydrogen-bond donors (Lipinski definition) is 1. The number of nitrogens with two attached hydrogens (primary N) is 1. The van der Waals surface area contributed by atoms with Crippen molar-refractivity contribution in [1.29, 1.82) is 0 Å². The molecule has 0 fully saturated rings. The molecule has 1 aromatic carbocycles. The normalized spacial score (nSPS) is 10.5. The molecule has 0 aliphatic heterocycles. The van der Waals surface area contributed by atoms with Crippen molar-refractivity contribution in [3.8, 4) is 0 Å². The lowest BCUT2D eigenvalue weighted by Gasteiger charge is -2.22. The van der Waals surface area contributed by atoms with Crippen molar-refractivity contribution in [3.63, 3.8) is 0 Å². The number of anilines is 1. The third-order valence-corrected chi connectivity index (χ3v) is 3.24. The molecule has 0 aromatic heterocycles. The molecule has 0 saturated carbocycles. The smallest absolute Gasteiger partial charge is 0.240 e. The van der Waals surface area contributed by atoms with Crippen molar-refractivity contribution < 1.29 is 9.53 Å². The van der Waals surface area contributed by atoms with E-state index in [0.29, 0.717) is 13.2 Å². The van der Waals surface area contributed by atoms with Gasteiger partial charge in [0.15, 0.2) is 0 Å². The summed E-state index contributed by atoms with van der Waals surface area (Å²) in [5.41, 5.74) is 6.30. The summed E-state index contributed by atoms with van der Waals surface area (Å²) in [6.07, 6.45) is 2.15. The van der Waals surface area contributed by atoms with E-state index in [9.17, 15) is 4.79 Å². The number of halogens is 1. The topological polar surface area (TPSA) is 55.6 Å². The molecule has 0 saturated heterocycles. The molecule has 2 N–H and O–H groups in total. The van der Waals surface area contributed by atoms with Crippen LogP contribution in [0.2, 0.25) is 0 Å². The molecule has 106 valence electrons. The van der Waals surface area contributed by atoms with Crippen molar-refractivity contribution in [2.75, 3.05) is 31.2 Å². The molecule has 0 aliphatic carbocycles. The number of amides is 1. The van der Waals surface area contributed by atoms with E-state index in [-0.39, 0.29) is 12.5 Å². The fraction of sp³-hybridized carbons (Fsp3) is 0.500. The molecule has 0 spiro atoms. The number of unbranched alkanes of at least 4 members (excludes halogenated alkanes) is 1. The molecular formula is C14H21BrN2O2. The molecule has 19 heavy (non-hydrogen) atoms. The van der Waals surface area contributed by atoms with Crippen LogP contribution in [-0.4, -0.2) is 32.2 Å². The van der Waals surface area contributed by atoms with E-state index in [1.54, 1.807) is 4.90 Å². The average molecular weight is 329 g/mol. The lowest BCUT2D eigenvalue weighted by molar-refractivity contribution is -0.117. The number of nitrogens with zero attached hydrogens (tertiary/aromatic N) is 1. The number of carbonyl (C=O) groups excluding carboxylic acids is 1. The second-order valence-electron chi connectivity index (χ2n) is 4.19. The van der Waals surface area contributed by atoms with Gasteiger partial charge in [-0.2, -0.15) is 0 Å². The molecule has 0 heterocycles. The highest BCUT2D eigenvalue weighted by Crippen LogP contribution is 2.18. The van der Waals surface area contributed by atoms with Crippen LogP contribution in [-0.2, 0) is 9.53 Å². The van der Waals surface area contributed by atoms with E-state index < -0.39 is 0 Å². The van der Waals surface area contributed by atoms with Crippen LogP contribution in [0.5, 0.6) is 0 Å². The quantitative estimate of drug-likeness (QED) is 0.746. The fourth-order valence-corrected chi connectivity index (χ4v) is 1.90. The minimum absolute atomic E-state index is 0.00498. The Labute approximate surface area is 123 Å². The second kappa shape index (κ2) is 9.07. The zero-order valence-electron chi connectivity index (χ0n) is 11.3. The maximum Gasteiger partial charge on any atom is 0.240 e. The Balaban J connectivity index is 2.57. The van der Waals surface area contributed by atoms with E-state index in [4.69, 9.17) is 10.5 Å². The highest BCUT2D eigenvalue weighted by Gasteiger charge is 2.13. The number of hydrogen-bond acceptors (Lipinski definition) is 3. The van der Waals surface area contributed by atoms with Crippen LogP contribution in [0.3, 0.4) is 0 Å². The van der Waals surface area contributed by atoms with Gasteiger partial charge in [-0.25, -0.2) is 0 Å². The van der Waals surface area contributed by atoms with Gasteiger partial charge in [0.1, 0.15) is 0 Å². The van der Waals surface area contributed by atoms with Crippen LogP contribution in [0.4, 0.5) is 5.69 Å². The number of ether oxygens (including phenoxy) is 1. The largest absolute Gasteiger partial charge is 0.380 e. The van der Waals surface area contributed by atoms with Crippen LogP contribution in [0.25, 0.3) is 0 Å². The van der Waals surface area contributed by atoms with Crippen LogP contribution < -0.4 is 10.6 Å². The highest BCUT2D eigenvalue weighted by atomic mass is 79.9. The summed E-state index contributed by atoms with van der Waals surface area (Å²) in [7, 11) is 0. The Kier molecular flexibility index (Phi) is 7.70. The molecule has 0 unspecified atom stereocenters. The van der Waals surface area contributed by atoms with Gasteiger partial charge in [-0.15, -0.1) is 0 Å². The molecule has 4 nitrogen and oxygen atoms in total. The van der Waals surface area contributed by atoms with Gasteiger partial charge in [-0.05, 0) is 30.7 Å². The van der Waals surface area contributed by atoms with Gasteiger partial charge in [0, 0.05) is 23.3 Å². The molecule has 0 aliphatic rings. The minimum Gasteiger partial charge on any atom is -0.380 e. The van der Waals surface area contributed by atoms with Gasteiger partial charge < -0.3 is 15.4 Å². The lowest BCUT2D eigenvalue weighted by atomic mass is 10.3. The molecule has 0 radical (unpaired) electrons. The fourth-order valence-electron chi connectivity index (χ4n) is 1.63. The van der Waals surface area contributed by atoms with E-state index in [0.717, 1.165) is 29.6 Å². The van der Waals surface area contributed by atoms with E-state index in [2.05, 4.69) is 22.9 Å². The monoisotopic (exact) mass is 328 g/mol. The SMILES string of the molecule is CCCCOCCN(C(=O)CN)c1ccc(Br)cc1. The summed E-state index contributed by atoms with van der Waals surface area (Å²) >= 11 is 3.38. The van der Waals surface area contributed by atoms with Crippen molar-refractivity contribution in [2.24, 2.45) is 5.73 Å². The first-order chi connectivity index (χ1) is 9.19. The first kappa shape index (κ1) is 16.1. The lowest BCUT2D eigenvalue weighted by Crippen LogP contribution is -2.38. The number of rotatable bonds is 8. The third-order valence-electron chi connectivity index (χ3n) is 2.72. The second-order valence-corrected chi connectivity index (χ2v) is 5.11. The van der Waals surface area contributed by atoms with E-state index in [1.165, 1.54) is 0 Å². The van der Waals surface area contributed by atoms with Crippen LogP contribution in [0, 0.1) is 0 Å². The Morgan fingerprint density at radius 3 is 2.58 bits per heavy atom. The summed E-state index contributed by atoms with van der Waals surface area (Å²) in [5, 5.41) is 0. The molecule has 0 atom stereocenters. The van der Waals surface area contributed by atoms with Crippen molar-refractivity contribution >= 4 is 27.5 Å². The molecule has 1 amide bonds. The summed E-state index contributed by atoms with van der Waals surface area (Å²) in [4.78, 5) is 13.5. The van der Waals surface area contributed by atoms with Gasteiger partial charge >= 0.3 is 0 Å². The van der Waals surface area contributed by atoms with Crippen LogP contribution in [0.1, 0.15) is 19.8 Å². The maximum atomic E-state index is 11.9. The average Bonchev–Trinajstić information content (AvgIpc) is 2.43. The van der Waals surface area contributed by atoms with Gasteiger partial charge in [0.25, 0.3) is 0 Å². The third kappa shape index (κ3) is 5.72. The Morgan fingerprint density at radius 1 is 1.32 bits per heavy atom. The maximum absolute atomic E-state index is 11.9. The van der Waals surface area contributed by atoms with Crippen LogP contribution >= 0.6 is 15.9 Å². The van der Waals surface area contributed by atoms with Gasteiger partial charge in [0.2, 0.25) is 5.91 Å². The standard InChI is InChI=1S/C14H21BrN2O2/c1-2-3-9-19-10-8-17(14(18)11-16)13-6-4-12(15)5-7-13/h4-7H,2-3,8-11,16H2,1H3. The zero-order valence-corrected chi connectivity index (χ0v) is 12.9. The molecule has 1 rings (SSSR count). The first-order valence-electron chi connectivity index (χ1n) is 6.52. The molecular weight excluding hydrogens is 308 g/mol. The summed E-state index contributed by atoms with van der Waals surface area (Å²) in [5.74, 6) is -0.0959. The Morgan fingerprint density at radius 2 is 2.00 bits per heavy atom.